The van der Waals surface area contributed by atoms with Gasteiger partial charge >= 0.3 is 6.03 Å². The molecule has 10 heteroatoms. The summed E-state index contributed by atoms with van der Waals surface area (Å²) in [5.74, 6) is 1.16. The molecule has 4 N–H and O–H groups in total. The van der Waals surface area contributed by atoms with Crippen LogP contribution in [0.2, 0.25) is 0 Å². The molecule has 3 unspecified atom stereocenters. The summed E-state index contributed by atoms with van der Waals surface area (Å²) >= 11 is 1.49. The highest BCUT2D eigenvalue weighted by atomic mass is 32.2. The molecule has 1 saturated carbocycles. The van der Waals surface area contributed by atoms with Gasteiger partial charge in [-0.3, -0.25) is 14.5 Å². The lowest BCUT2D eigenvalue weighted by molar-refractivity contribution is -0.121. The van der Waals surface area contributed by atoms with E-state index in [1.807, 2.05) is 60.4 Å². The molecular weight excluding hydrogens is 514 g/mol. The topological polar surface area (TPSA) is 112 Å². The number of piperidine rings is 1. The second-order valence-electron chi connectivity index (χ2n) is 10.6. The number of nitrogens with one attached hydrogen (secondary N) is 4. The predicted molar refractivity (Wildman–Crippen MR) is 150 cm³/mol. The van der Waals surface area contributed by atoms with Gasteiger partial charge in [0.1, 0.15) is 11.5 Å². The van der Waals surface area contributed by atoms with Crippen LogP contribution in [0.4, 0.5) is 10.5 Å². The average Bonchev–Trinajstić information content (AvgIpc) is 3.50. The zero-order valence-corrected chi connectivity index (χ0v) is 22.8. The van der Waals surface area contributed by atoms with Gasteiger partial charge in [-0.25, -0.2) is 4.79 Å². The number of nitrogens with zero attached hydrogens (tertiary/aromatic N) is 1. The number of aryl methyl sites for hydroxylation is 1. The third kappa shape index (κ3) is 4.98. The van der Waals surface area contributed by atoms with E-state index in [2.05, 4.69) is 21.3 Å². The molecule has 2 aromatic carbocycles. The van der Waals surface area contributed by atoms with Crippen molar-refractivity contribution in [1.82, 2.24) is 21.3 Å². The molecule has 204 valence electrons. The Morgan fingerprint density at radius 2 is 1.79 bits per heavy atom. The first-order valence-electron chi connectivity index (χ1n) is 13.5. The molecule has 1 aliphatic carbocycles. The maximum atomic E-state index is 13.6. The SMILES string of the molecule is CC(=O)N[C@@H]1CCC[C@@H]1NC(=O)C1=C2NC(=O)N(c3ccc(Oc4ccccc4)cc3C)C3CCNC(S1)C23. The molecule has 4 aliphatic rings. The van der Waals surface area contributed by atoms with Gasteiger partial charge in [-0.1, -0.05) is 30.0 Å². The summed E-state index contributed by atoms with van der Waals surface area (Å²) in [7, 11) is 0. The second-order valence-corrected chi connectivity index (χ2v) is 11.8. The predicted octanol–water partition coefficient (Wildman–Crippen LogP) is 3.75. The van der Waals surface area contributed by atoms with E-state index >= 15 is 0 Å². The molecule has 0 radical (unpaired) electrons. The van der Waals surface area contributed by atoms with Gasteiger partial charge < -0.3 is 26.0 Å². The third-order valence-corrected chi connectivity index (χ3v) is 9.33. The van der Waals surface area contributed by atoms with E-state index in [9.17, 15) is 14.4 Å². The minimum atomic E-state index is -0.225. The summed E-state index contributed by atoms with van der Waals surface area (Å²) in [6, 6.07) is 14.9. The fourth-order valence-electron chi connectivity index (χ4n) is 6.29. The highest BCUT2D eigenvalue weighted by Crippen LogP contribution is 2.48. The molecule has 2 saturated heterocycles. The summed E-state index contributed by atoms with van der Waals surface area (Å²) in [6.07, 6.45) is 3.40. The monoisotopic (exact) mass is 547 g/mol. The summed E-state index contributed by atoms with van der Waals surface area (Å²) in [4.78, 5) is 41.1. The van der Waals surface area contributed by atoms with Crippen LogP contribution < -0.4 is 30.9 Å². The quantitative estimate of drug-likeness (QED) is 0.438. The van der Waals surface area contributed by atoms with E-state index in [1.165, 1.54) is 18.7 Å². The first kappa shape index (κ1) is 25.8. The Morgan fingerprint density at radius 3 is 2.54 bits per heavy atom. The third-order valence-electron chi connectivity index (χ3n) is 7.98. The van der Waals surface area contributed by atoms with Gasteiger partial charge in [-0.05, 0) is 75.0 Å². The van der Waals surface area contributed by atoms with Crippen molar-refractivity contribution in [1.29, 1.82) is 0 Å². The first-order chi connectivity index (χ1) is 18.9. The number of amides is 4. The van der Waals surface area contributed by atoms with Crippen molar-refractivity contribution in [3.05, 3.63) is 64.7 Å². The van der Waals surface area contributed by atoms with Crippen molar-refractivity contribution in [3.8, 4) is 11.5 Å². The largest absolute Gasteiger partial charge is 0.457 e. The standard InChI is InChI=1S/C29H33N5O4S/c1-16-15-19(38-18-7-4-3-5-8-18)11-12-22(16)34-23-13-14-30-28-24(23)25(33-29(34)37)26(39-28)27(36)32-21-10-6-9-20(21)31-17(2)35/h3-5,7-8,11-12,15,20-21,23-24,28,30H,6,9-10,13-14H2,1-2H3,(H,31,35)(H,32,36)(H,33,37)/t20-,21+,23?,24?,28?/m1/s1. The van der Waals surface area contributed by atoms with Crippen molar-refractivity contribution >= 4 is 35.3 Å². The van der Waals surface area contributed by atoms with Gasteiger partial charge in [-0.2, -0.15) is 0 Å². The van der Waals surface area contributed by atoms with Crippen LogP contribution >= 0.6 is 11.8 Å². The minimum absolute atomic E-state index is 0.00156. The smallest absolute Gasteiger partial charge is 0.326 e. The lowest BCUT2D eigenvalue weighted by Gasteiger charge is -2.46. The Morgan fingerprint density at radius 1 is 1.03 bits per heavy atom. The van der Waals surface area contributed by atoms with E-state index < -0.39 is 0 Å². The average molecular weight is 548 g/mol. The summed E-state index contributed by atoms with van der Waals surface area (Å²) in [5, 5.41) is 12.7. The highest BCUT2D eigenvalue weighted by Gasteiger charge is 2.52. The number of ether oxygens (including phenoxy) is 1. The van der Waals surface area contributed by atoms with Crippen LogP contribution in [0.15, 0.2) is 59.1 Å². The molecule has 3 fully saturated rings. The van der Waals surface area contributed by atoms with Crippen molar-refractivity contribution in [2.24, 2.45) is 5.92 Å². The Balaban J connectivity index is 1.23. The number of hydrogen-bond donors (Lipinski definition) is 4. The molecule has 0 spiro atoms. The number of hydrogen-bond acceptors (Lipinski definition) is 6. The Kier molecular flexibility index (Phi) is 6.99. The van der Waals surface area contributed by atoms with Crippen molar-refractivity contribution in [2.75, 3.05) is 11.4 Å². The fourth-order valence-corrected chi connectivity index (χ4v) is 7.69. The molecule has 4 amide bonds. The van der Waals surface area contributed by atoms with Crippen LogP contribution in [0, 0.1) is 12.8 Å². The molecule has 6 rings (SSSR count). The highest BCUT2D eigenvalue weighted by molar-refractivity contribution is 8.04. The van der Waals surface area contributed by atoms with Gasteiger partial charge in [-0.15, -0.1) is 0 Å². The van der Waals surface area contributed by atoms with Crippen LogP contribution in [-0.2, 0) is 9.59 Å². The molecule has 3 aliphatic heterocycles. The van der Waals surface area contributed by atoms with Gasteiger partial charge in [0.15, 0.2) is 0 Å². The van der Waals surface area contributed by atoms with Gasteiger partial charge in [0.2, 0.25) is 5.91 Å². The summed E-state index contributed by atoms with van der Waals surface area (Å²) in [6.45, 7) is 4.24. The molecule has 2 aromatic rings. The maximum absolute atomic E-state index is 13.6. The zero-order valence-electron chi connectivity index (χ0n) is 22.0. The van der Waals surface area contributed by atoms with Crippen LogP contribution in [0.25, 0.3) is 0 Å². The second kappa shape index (κ2) is 10.6. The van der Waals surface area contributed by atoms with E-state index in [-0.39, 0.29) is 47.3 Å². The van der Waals surface area contributed by atoms with E-state index in [1.54, 1.807) is 0 Å². The van der Waals surface area contributed by atoms with Crippen LogP contribution in [-0.4, -0.2) is 47.9 Å². The Bertz CT molecular complexity index is 1330. The van der Waals surface area contributed by atoms with Gasteiger partial charge in [0, 0.05) is 36.3 Å². The molecule has 39 heavy (non-hydrogen) atoms. The van der Waals surface area contributed by atoms with E-state index in [0.29, 0.717) is 16.4 Å². The summed E-state index contributed by atoms with van der Waals surface area (Å²) < 4.78 is 6.00. The first-order valence-corrected chi connectivity index (χ1v) is 14.4. The molecule has 5 atom stereocenters. The zero-order chi connectivity index (χ0) is 27.1. The van der Waals surface area contributed by atoms with Crippen LogP contribution in [0.1, 0.15) is 38.2 Å². The molecule has 9 nitrogen and oxygen atoms in total. The van der Waals surface area contributed by atoms with Crippen LogP contribution in [0.3, 0.4) is 0 Å². The minimum Gasteiger partial charge on any atom is -0.457 e. The molecule has 0 aromatic heterocycles. The fraction of sp³-hybridized carbons (Fsp3) is 0.414. The van der Waals surface area contributed by atoms with E-state index in [0.717, 1.165) is 49.2 Å². The van der Waals surface area contributed by atoms with Crippen molar-refractivity contribution in [3.63, 3.8) is 0 Å². The molecule has 0 bridgehead atoms. The lowest BCUT2D eigenvalue weighted by atomic mass is 9.86. The summed E-state index contributed by atoms with van der Waals surface area (Å²) in [5.41, 5.74) is 2.48. The number of thioether (sulfide) groups is 1. The van der Waals surface area contributed by atoms with Gasteiger partial charge in [0.25, 0.3) is 5.91 Å². The molecular formula is C29H33N5O4S. The number of urea groups is 1. The lowest BCUT2D eigenvalue weighted by Crippen LogP contribution is -2.62. The van der Waals surface area contributed by atoms with Crippen molar-refractivity contribution in [2.45, 2.75) is 63.0 Å². The van der Waals surface area contributed by atoms with Gasteiger partial charge in [0.05, 0.1) is 16.3 Å². The Hall–Kier alpha value is -3.50. The maximum Gasteiger partial charge on any atom is 0.326 e. The van der Waals surface area contributed by atoms with Crippen molar-refractivity contribution < 1.29 is 19.1 Å². The number of para-hydroxylation sites is 1. The van der Waals surface area contributed by atoms with Crippen LogP contribution in [0.5, 0.6) is 11.5 Å². The number of rotatable bonds is 6. The molecule has 3 heterocycles. The number of benzene rings is 2. The number of carbonyl (C=O) groups is 3. The Labute approximate surface area is 232 Å². The number of anilines is 1. The normalized spacial score (nSPS) is 27.6. The van der Waals surface area contributed by atoms with E-state index in [4.69, 9.17) is 4.74 Å². The number of carbonyl (C=O) groups excluding carboxylic acids is 3.